The smallest absolute Gasteiger partial charge is 0.0174 e. The minimum Gasteiger partial charge on any atom is -0.242 e. The molecule has 0 bridgehead atoms. The zero-order valence-corrected chi connectivity index (χ0v) is 5.86. The Labute approximate surface area is 51.0 Å². The van der Waals surface area contributed by atoms with Crippen molar-refractivity contribution in [3.05, 3.63) is 0 Å². The first kappa shape index (κ1) is 7.88. The van der Waals surface area contributed by atoms with Crippen molar-refractivity contribution in [1.29, 1.82) is 0 Å². The molecule has 0 rings (SSSR count). The van der Waals surface area contributed by atoms with Crippen molar-refractivity contribution in [2.75, 3.05) is 20.1 Å². The molecule has 0 aromatic rings. The van der Waals surface area contributed by atoms with Crippen molar-refractivity contribution >= 4 is 0 Å². The number of hydrogen-bond acceptors (Lipinski definition) is 3. The third kappa shape index (κ3) is 4.05. The van der Waals surface area contributed by atoms with E-state index in [2.05, 4.69) is 24.7 Å². The molecule has 2 N–H and O–H groups in total. The second-order valence-electron chi connectivity index (χ2n) is 1.58. The largest absolute Gasteiger partial charge is 0.242 e. The Kier molecular flexibility index (Phi) is 4.95. The Balaban J connectivity index is 2.92. The second-order valence-corrected chi connectivity index (χ2v) is 1.58. The van der Waals surface area contributed by atoms with Crippen LogP contribution in [0.3, 0.4) is 0 Å². The van der Waals surface area contributed by atoms with E-state index in [1.54, 1.807) is 0 Å². The van der Waals surface area contributed by atoms with Crippen LogP contribution < -0.4 is 10.9 Å². The predicted molar refractivity (Wildman–Crippen MR) is 35.1 cm³/mol. The van der Waals surface area contributed by atoms with E-state index in [9.17, 15) is 0 Å². The number of nitrogens with one attached hydrogen (secondary N) is 2. The van der Waals surface area contributed by atoms with Gasteiger partial charge in [0.05, 0.1) is 0 Å². The van der Waals surface area contributed by atoms with Crippen LogP contribution in [-0.4, -0.2) is 25.3 Å². The Morgan fingerprint density at radius 2 is 1.50 bits per heavy atom. The fourth-order valence-electron chi connectivity index (χ4n) is 0.530. The van der Waals surface area contributed by atoms with Crippen LogP contribution in [0.1, 0.15) is 13.8 Å². The average molecular weight is 117 g/mol. The summed E-state index contributed by atoms with van der Waals surface area (Å²) >= 11 is 0. The Hall–Kier alpha value is -0.120. The van der Waals surface area contributed by atoms with E-state index < -0.39 is 0 Å². The molecule has 50 valence electrons. The highest BCUT2D eigenvalue weighted by molar-refractivity contribution is 4.30. The maximum Gasteiger partial charge on any atom is 0.0174 e. The first-order valence-corrected chi connectivity index (χ1v) is 3.02. The van der Waals surface area contributed by atoms with Gasteiger partial charge >= 0.3 is 0 Å². The lowest BCUT2D eigenvalue weighted by atomic mass is 10.8. The molecule has 0 radical (unpaired) electrons. The van der Waals surface area contributed by atoms with Gasteiger partial charge in [-0.1, -0.05) is 13.8 Å². The summed E-state index contributed by atoms with van der Waals surface area (Å²) in [5.74, 6) is 0. The van der Waals surface area contributed by atoms with Gasteiger partial charge in [-0.25, -0.2) is 10.9 Å². The van der Waals surface area contributed by atoms with Crippen LogP contribution in [0.4, 0.5) is 0 Å². The van der Waals surface area contributed by atoms with Crippen molar-refractivity contribution in [1.82, 2.24) is 16.0 Å². The first-order valence-electron chi connectivity index (χ1n) is 3.02. The lowest BCUT2D eigenvalue weighted by Gasteiger charge is -2.16. The number of nitrogens with zero attached hydrogens (tertiary/aromatic N) is 1. The normalized spacial score (nSPS) is 10.5. The third-order valence-electron chi connectivity index (χ3n) is 0.791. The Morgan fingerprint density at radius 1 is 1.12 bits per heavy atom. The van der Waals surface area contributed by atoms with Gasteiger partial charge in [0.2, 0.25) is 0 Å². The maximum absolute atomic E-state index is 3.07. The van der Waals surface area contributed by atoms with Crippen molar-refractivity contribution in [3.63, 3.8) is 0 Å². The van der Waals surface area contributed by atoms with Crippen molar-refractivity contribution in [3.8, 4) is 0 Å². The highest BCUT2D eigenvalue weighted by Gasteiger charge is 1.86. The summed E-state index contributed by atoms with van der Waals surface area (Å²) in [4.78, 5) is 0. The van der Waals surface area contributed by atoms with Gasteiger partial charge in [-0.15, -0.1) is 0 Å². The molecular weight excluding hydrogens is 102 g/mol. The number of rotatable bonds is 4. The average Bonchev–Trinajstić information content (AvgIpc) is 1.68. The van der Waals surface area contributed by atoms with E-state index in [1.807, 2.05) is 12.2 Å². The first-order chi connectivity index (χ1) is 3.81. The van der Waals surface area contributed by atoms with Crippen LogP contribution in [0.25, 0.3) is 0 Å². The molecule has 0 saturated carbocycles. The van der Waals surface area contributed by atoms with Crippen LogP contribution in [-0.2, 0) is 0 Å². The summed E-state index contributed by atoms with van der Waals surface area (Å²) in [5.41, 5.74) is 6.14. The zero-order valence-electron chi connectivity index (χ0n) is 5.86. The van der Waals surface area contributed by atoms with Crippen LogP contribution in [0.15, 0.2) is 0 Å². The Morgan fingerprint density at radius 3 is 1.75 bits per heavy atom. The van der Waals surface area contributed by atoms with E-state index in [0.717, 1.165) is 13.1 Å². The molecule has 0 saturated heterocycles. The van der Waals surface area contributed by atoms with Gasteiger partial charge < -0.3 is 0 Å². The molecule has 8 heavy (non-hydrogen) atoms. The minimum atomic E-state index is 0.962. The van der Waals surface area contributed by atoms with Gasteiger partial charge in [-0.2, -0.15) is 5.12 Å². The molecule has 0 aromatic heterocycles. The van der Waals surface area contributed by atoms with Crippen LogP contribution in [0.5, 0.6) is 0 Å². The summed E-state index contributed by atoms with van der Waals surface area (Å²) in [7, 11) is 1.95. The molecular formula is C5H15N3. The monoisotopic (exact) mass is 117 g/mol. The third-order valence-corrected chi connectivity index (χ3v) is 0.791. The topological polar surface area (TPSA) is 27.3 Å². The van der Waals surface area contributed by atoms with E-state index >= 15 is 0 Å². The van der Waals surface area contributed by atoms with Gasteiger partial charge in [0.1, 0.15) is 0 Å². The highest BCUT2D eigenvalue weighted by atomic mass is 15.7. The van der Waals surface area contributed by atoms with E-state index in [1.165, 1.54) is 0 Å². The summed E-state index contributed by atoms with van der Waals surface area (Å²) < 4.78 is 0. The van der Waals surface area contributed by atoms with E-state index in [4.69, 9.17) is 0 Å². The van der Waals surface area contributed by atoms with Crippen LogP contribution >= 0.6 is 0 Å². The van der Waals surface area contributed by atoms with Gasteiger partial charge in [0, 0.05) is 20.1 Å². The van der Waals surface area contributed by atoms with E-state index in [-0.39, 0.29) is 0 Å². The maximum atomic E-state index is 3.07. The minimum absolute atomic E-state index is 0.962. The van der Waals surface area contributed by atoms with Gasteiger partial charge in [0.25, 0.3) is 0 Å². The van der Waals surface area contributed by atoms with Crippen molar-refractivity contribution < 1.29 is 0 Å². The molecule has 0 aliphatic heterocycles. The lowest BCUT2D eigenvalue weighted by Crippen LogP contribution is -2.44. The number of hydrogen-bond donors (Lipinski definition) is 2. The summed E-state index contributed by atoms with van der Waals surface area (Å²) in [5, 5.41) is 1.86. The molecule has 0 aliphatic rings. The standard InChI is InChI=1S/C5H15N3/c1-4-6-8(3)7-5-2/h6-7H,4-5H2,1-3H3. The summed E-state index contributed by atoms with van der Waals surface area (Å²) in [6, 6.07) is 0. The van der Waals surface area contributed by atoms with Crippen molar-refractivity contribution in [2.24, 2.45) is 0 Å². The molecule has 0 unspecified atom stereocenters. The van der Waals surface area contributed by atoms with Gasteiger partial charge in [-0.3, -0.25) is 0 Å². The summed E-state index contributed by atoms with van der Waals surface area (Å²) in [6.45, 7) is 6.05. The number of hydrazine groups is 2. The summed E-state index contributed by atoms with van der Waals surface area (Å²) in [6.07, 6.45) is 0. The highest BCUT2D eigenvalue weighted by Crippen LogP contribution is 1.62. The fraction of sp³-hybridized carbons (Fsp3) is 1.00. The van der Waals surface area contributed by atoms with Gasteiger partial charge in [0.15, 0.2) is 0 Å². The molecule has 3 heteroatoms. The van der Waals surface area contributed by atoms with Gasteiger partial charge in [-0.05, 0) is 0 Å². The van der Waals surface area contributed by atoms with Crippen LogP contribution in [0.2, 0.25) is 0 Å². The lowest BCUT2D eigenvalue weighted by molar-refractivity contribution is 0.163. The predicted octanol–water partition coefficient (Wildman–Crippen LogP) is -0.0328. The molecule has 0 atom stereocenters. The quantitative estimate of drug-likeness (QED) is 0.506. The molecule has 0 spiro atoms. The SMILES string of the molecule is CCNN(C)NCC. The molecule has 0 aliphatic carbocycles. The second kappa shape index (κ2) is 5.03. The molecule has 0 amide bonds. The van der Waals surface area contributed by atoms with Crippen molar-refractivity contribution in [2.45, 2.75) is 13.8 Å². The fourth-order valence-corrected chi connectivity index (χ4v) is 0.530. The molecule has 3 nitrogen and oxygen atoms in total. The Bertz CT molecular complexity index is 40.9. The zero-order chi connectivity index (χ0) is 6.41. The van der Waals surface area contributed by atoms with Crippen LogP contribution in [0, 0.1) is 0 Å². The van der Waals surface area contributed by atoms with E-state index in [0.29, 0.717) is 0 Å². The molecule has 0 aromatic carbocycles. The molecule has 0 heterocycles. The molecule has 0 fully saturated rings.